The van der Waals surface area contributed by atoms with Crippen LogP contribution in [0.4, 0.5) is 0 Å². The fraction of sp³-hybridized carbons (Fsp3) is 0.500. The topological polar surface area (TPSA) is 0 Å². The summed E-state index contributed by atoms with van der Waals surface area (Å²) in [5.74, 6) is 0. The molecule has 1 aromatic rings. The molecule has 0 N–H and O–H groups in total. The van der Waals surface area contributed by atoms with Gasteiger partial charge in [-0.05, 0) is 42.4 Å². The van der Waals surface area contributed by atoms with Crippen molar-refractivity contribution in [3.8, 4) is 0 Å². The van der Waals surface area contributed by atoms with E-state index in [1.165, 1.54) is 29.3 Å². The fourth-order valence-corrected chi connectivity index (χ4v) is 3.00. The van der Waals surface area contributed by atoms with E-state index < -0.39 is 0 Å². The maximum atomic E-state index is 3.72. The molecule has 1 aliphatic carbocycles. The molecule has 1 atom stereocenters. The minimum Gasteiger partial charge on any atom is -0.0888 e. The molecule has 0 nitrogen and oxygen atoms in total. The Morgan fingerprint density at radius 1 is 1.43 bits per heavy atom. The van der Waals surface area contributed by atoms with Crippen LogP contribution in [-0.2, 0) is 6.42 Å². The van der Waals surface area contributed by atoms with Gasteiger partial charge in [0.15, 0.2) is 0 Å². The highest BCUT2D eigenvalue weighted by Gasteiger charge is 2.45. The molecule has 1 saturated carbocycles. The van der Waals surface area contributed by atoms with Gasteiger partial charge in [0.1, 0.15) is 0 Å². The first kappa shape index (κ1) is 10.7. The highest BCUT2D eigenvalue weighted by molar-refractivity contribution is 9.10. The minimum atomic E-state index is 0.542. The summed E-state index contributed by atoms with van der Waals surface area (Å²) in [7, 11) is 0. The normalized spacial score (nSPS) is 20.5. The van der Waals surface area contributed by atoms with E-state index in [9.17, 15) is 0 Å². The third-order valence-electron chi connectivity index (χ3n) is 3.18. The Morgan fingerprint density at radius 3 is 2.64 bits per heavy atom. The SMILES string of the molecule is CC(Br)C1(Cc2cccc(Br)c2)CC1. The lowest BCUT2D eigenvalue weighted by atomic mass is 9.94. The molecule has 0 bridgehead atoms. The van der Waals surface area contributed by atoms with Gasteiger partial charge >= 0.3 is 0 Å². The van der Waals surface area contributed by atoms with Crippen molar-refractivity contribution in [3.05, 3.63) is 34.3 Å². The van der Waals surface area contributed by atoms with Crippen LogP contribution in [0.3, 0.4) is 0 Å². The van der Waals surface area contributed by atoms with Crippen LogP contribution in [0, 0.1) is 5.41 Å². The van der Waals surface area contributed by atoms with E-state index in [1.54, 1.807) is 0 Å². The van der Waals surface area contributed by atoms with E-state index in [4.69, 9.17) is 0 Å². The van der Waals surface area contributed by atoms with Crippen molar-refractivity contribution in [3.63, 3.8) is 0 Å². The van der Waals surface area contributed by atoms with E-state index in [1.807, 2.05) is 0 Å². The summed E-state index contributed by atoms with van der Waals surface area (Å²) in [6, 6.07) is 8.66. The van der Waals surface area contributed by atoms with Crippen molar-refractivity contribution in [2.45, 2.75) is 31.0 Å². The first-order valence-electron chi connectivity index (χ1n) is 5.01. The molecule has 0 radical (unpaired) electrons. The molecule has 1 aliphatic rings. The molecule has 0 heterocycles. The zero-order chi connectivity index (χ0) is 10.2. The van der Waals surface area contributed by atoms with Gasteiger partial charge in [0.2, 0.25) is 0 Å². The zero-order valence-corrected chi connectivity index (χ0v) is 11.4. The van der Waals surface area contributed by atoms with Crippen molar-refractivity contribution in [2.24, 2.45) is 5.41 Å². The summed E-state index contributed by atoms with van der Waals surface area (Å²) in [5, 5.41) is 0. The van der Waals surface area contributed by atoms with Crippen molar-refractivity contribution in [2.75, 3.05) is 0 Å². The summed E-state index contributed by atoms with van der Waals surface area (Å²) in [5.41, 5.74) is 1.99. The molecular weight excluding hydrogens is 304 g/mol. The standard InChI is InChI=1S/C12H14Br2/c1-9(13)12(5-6-12)8-10-3-2-4-11(14)7-10/h2-4,7,9H,5-6,8H2,1H3. The van der Waals surface area contributed by atoms with Gasteiger partial charge in [0, 0.05) is 9.30 Å². The van der Waals surface area contributed by atoms with Gasteiger partial charge in [-0.1, -0.05) is 50.9 Å². The molecule has 0 aromatic heterocycles. The van der Waals surface area contributed by atoms with Gasteiger partial charge in [-0.2, -0.15) is 0 Å². The van der Waals surface area contributed by atoms with Crippen molar-refractivity contribution in [1.82, 2.24) is 0 Å². The van der Waals surface area contributed by atoms with Gasteiger partial charge in [-0.15, -0.1) is 0 Å². The Labute approximate surface area is 102 Å². The highest BCUT2D eigenvalue weighted by Crippen LogP contribution is 2.53. The van der Waals surface area contributed by atoms with E-state index >= 15 is 0 Å². The number of hydrogen-bond donors (Lipinski definition) is 0. The van der Waals surface area contributed by atoms with Gasteiger partial charge in [-0.25, -0.2) is 0 Å². The van der Waals surface area contributed by atoms with Gasteiger partial charge < -0.3 is 0 Å². The monoisotopic (exact) mass is 316 g/mol. The Bertz CT molecular complexity index is 327. The Kier molecular flexibility index (Phi) is 3.03. The predicted octanol–water partition coefficient (Wildman–Crippen LogP) is 4.56. The fourth-order valence-electron chi connectivity index (χ4n) is 1.93. The smallest absolute Gasteiger partial charge is 0.0177 e. The van der Waals surface area contributed by atoms with E-state index in [-0.39, 0.29) is 0 Å². The number of halogens is 2. The Balaban J connectivity index is 2.11. The molecule has 1 fully saturated rings. The summed E-state index contributed by atoms with van der Waals surface area (Å²) < 4.78 is 1.19. The van der Waals surface area contributed by atoms with Crippen LogP contribution in [0.15, 0.2) is 28.7 Å². The van der Waals surface area contributed by atoms with Crippen molar-refractivity contribution in [1.29, 1.82) is 0 Å². The molecule has 2 rings (SSSR count). The number of rotatable bonds is 3. The van der Waals surface area contributed by atoms with Crippen LogP contribution in [0.2, 0.25) is 0 Å². The quantitative estimate of drug-likeness (QED) is 0.717. The Morgan fingerprint density at radius 2 is 2.14 bits per heavy atom. The lowest BCUT2D eigenvalue weighted by Gasteiger charge is -2.18. The summed E-state index contributed by atoms with van der Waals surface area (Å²) in [4.78, 5) is 0.633. The molecule has 1 unspecified atom stereocenters. The average molecular weight is 318 g/mol. The molecular formula is C12H14Br2. The predicted molar refractivity (Wildman–Crippen MR) is 67.9 cm³/mol. The van der Waals surface area contributed by atoms with Crippen molar-refractivity contribution >= 4 is 31.9 Å². The Hall–Kier alpha value is 0.180. The largest absolute Gasteiger partial charge is 0.0888 e. The van der Waals surface area contributed by atoms with Gasteiger partial charge in [-0.3, -0.25) is 0 Å². The molecule has 0 aliphatic heterocycles. The van der Waals surface area contributed by atoms with Crippen LogP contribution in [-0.4, -0.2) is 4.83 Å². The molecule has 0 spiro atoms. The van der Waals surface area contributed by atoms with E-state index in [0.717, 1.165) is 0 Å². The molecule has 2 heteroatoms. The van der Waals surface area contributed by atoms with Crippen LogP contribution in [0.1, 0.15) is 25.3 Å². The molecule has 1 aromatic carbocycles. The number of benzene rings is 1. The second-order valence-electron chi connectivity index (χ2n) is 4.29. The minimum absolute atomic E-state index is 0.542. The van der Waals surface area contributed by atoms with E-state index in [2.05, 4.69) is 63.0 Å². The lowest BCUT2D eigenvalue weighted by molar-refractivity contribution is 0.509. The average Bonchev–Trinajstić information content (AvgIpc) is 2.85. The highest BCUT2D eigenvalue weighted by atomic mass is 79.9. The van der Waals surface area contributed by atoms with Crippen LogP contribution >= 0.6 is 31.9 Å². The summed E-state index contributed by atoms with van der Waals surface area (Å²) in [6.07, 6.45) is 3.94. The molecule has 0 amide bonds. The van der Waals surface area contributed by atoms with Crippen molar-refractivity contribution < 1.29 is 0 Å². The first-order chi connectivity index (χ1) is 6.62. The first-order valence-corrected chi connectivity index (χ1v) is 6.72. The van der Waals surface area contributed by atoms with Gasteiger partial charge in [0.25, 0.3) is 0 Å². The van der Waals surface area contributed by atoms with Gasteiger partial charge in [0.05, 0.1) is 0 Å². The van der Waals surface area contributed by atoms with Crippen LogP contribution in [0.25, 0.3) is 0 Å². The van der Waals surface area contributed by atoms with E-state index in [0.29, 0.717) is 10.2 Å². The summed E-state index contributed by atoms with van der Waals surface area (Å²) in [6.45, 7) is 2.27. The third kappa shape index (κ3) is 2.22. The zero-order valence-electron chi connectivity index (χ0n) is 8.26. The second-order valence-corrected chi connectivity index (χ2v) is 6.57. The maximum absolute atomic E-state index is 3.72. The molecule has 76 valence electrons. The number of alkyl halides is 1. The summed E-state index contributed by atoms with van der Waals surface area (Å²) >= 11 is 7.24. The molecule has 0 saturated heterocycles. The third-order valence-corrected chi connectivity index (χ3v) is 4.65. The maximum Gasteiger partial charge on any atom is 0.0177 e. The number of hydrogen-bond acceptors (Lipinski definition) is 0. The van der Waals surface area contributed by atoms with Crippen LogP contribution < -0.4 is 0 Å². The molecule has 14 heavy (non-hydrogen) atoms. The lowest BCUT2D eigenvalue weighted by Crippen LogP contribution is -2.15. The van der Waals surface area contributed by atoms with Crippen LogP contribution in [0.5, 0.6) is 0 Å². The second kappa shape index (κ2) is 3.97.